The summed E-state index contributed by atoms with van der Waals surface area (Å²) < 4.78 is 12.2. The Morgan fingerprint density at radius 3 is 2.42 bits per heavy atom. The van der Waals surface area contributed by atoms with E-state index in [0.29, 0.717) is 31.9 Å². The molecule has 0 radical (unpaired) electrons. The summed E-state index contributed by atoms with van der Waals surface area (Å²) in [6.45, 7) is 4.82. The van der Waals surface area contributed by atoms with Gasteiger partial charge in [-0.1, -0.05) is 23.5 Å². The summed E-state index contributed by atoms with van der Waals surface area (Å²) in [5, 5.41) is 10.9. The van der Waals surface area contributed by atoms with E-state index in [-0.39, 0.29) is 23.4 Å². The maximum atomic E-state index is 13.6. The Hall–Kier alpha value is -4.38. The maximum Gasteiger partial charge on any atom is 0.338 e. The zero-order valence-corrected chi connectivity index (χ0v) is 20.4. The summed E-state index contributed by atoms with van der Waals surface area (Å²) in [5.74, 6) is -0.724. The number of hydrogen-bond donors (Lipinski definition) is 0. The number of carbonyl (C=O) groups excluding carboxylic acids is 2. The quantitative estimate of drug-likeness (QED) is 0.217. The van der Waals surface area contributed by atoms with Gasteiger partial charge in [0.25, 0.3) is 11.2 Å². The summed E-state index contributed by atoms with van der Waals surface area (Å²) in [5.41, 5.74) is 1.43. The number of carbonyl (C=O) groups is 2. The smallest absolute Gasteiger partial charge is 0.338 e. The molecule has 2 aromatic carbocycles. The van der Waals surface area contributed by atoms with Crippen molar-refractivity contribution >= 4 is 35.0 Å². The monoisotopic (exact) mass is 507 g/mol. The molecule has 1 aliphatic rings. The zero-order valence-electron chi connectivity index (χ0n) is 19.6. The number of rotatable bonds is 6. The summed E-state index contributed by atoms with van der Waals surface area (Å²) in [4.78, 5) is 53.1. The number of nitrogens with zero attached hydrogens (tertiary/aromatic N) is 3. The molecule has 2 heterocycles. The van der Waals surface area contributed by atoms with Gasteiger partial charge < -0.3 is 9.47 Å². The second-order valence-electron chi connectivity index (χ2n) is 7.81. The zero-order chi connectivity index (χ0) is 26.0. The lowest BCUT2D eigenvalue weighted by molar-refractivity contribution is -0.384. The van der Waals surface area contributed by atoms with Gasteiger partial charge in [0.05, 0.1) is 33.4 Å². The van der Waals surface area contributed by atoms with Gasteiger partial charge in [0.15, 0.2) is 4.80 Å². The lowest BCUT2D eigenvalue weighted by Crippen LogP contribution is -2.39. The van der Waals surface area contributed by atoms with Crippen LogP contribution in [-0.4, -0.2) is 28.0 Å². The highest BCUT2D eigenvalue weighted by Gasteiger charge is 2.33. The average Bonchev–Trinajstić information content (AvgIpc) is 3.13. The summed E-state index contributed by atoms with van der Waals surface area (Å²) in [6.07, 6.45) is 1.62. The molecule has 11 heteroatoms. The normalized spacial score (nSPS) is 15.2. The van der Waals surface area contributed by atoms with Crippen LogP contribution >= 0.6 is 11.3 Å². The number of non-ortho nitro benzene ring substituents is 1. The van der Waals surface area contributed by atoms with Gasteiger partial charge in [-0.25, -0.2) is 9.79 Å². The van der Waals surface area contributed by atoms with Crippen LogP contribution in [0.15, 0.2) is 69.6 Å². The minimum Gasteiger partial charge on any atom is -0.463 e. The van der Waals surface area contributed by atoms with Crippen LogP contribution in [0, 0.1) is 10.1 Å². The van der Waals surface area contributed by atoms with Crippen molar-refractivity contribution in [3.8, 4) is 5.75 Å². The molecule has 0 saturated heterocycles. The molecular weight excluding hydrogens is 486 g/mol. The summed E-state index contributed by atoms with van der Waals surface area (Å²) in [6, 6.07) is 11.5. The van der Waals surface area contributed by atoms with Gasteiger partial charge in [-0.2, -0.15) is 0 Å². The van der Waals surface area contributed by atoms with Gasteiger partial charge in [-0.05, 0) is 55.3 Å². The van der Waals surface area contributed by atoms with Crippen molar-refractivity contribution in [3.63, 3.8) is 0 Å². The minimum absolute atomic E-state index is 0.0551. The molecule has 0 aliphatic carbocycles. The molecule has 0 spiro atoms. The molecule has 36 heavy (non-hydrogen) atoms. The Morgan fingerprint density at radius 2 is 1.83 bits per heavy atom. The Kier molecular flexibility index (Phi) is 6.93. The second kappa shape index (κ2) is 10.1. The predicted molar refractivity (Wildman–Crippen MR) is 131 cm³/mol. The molecule has 0 saturated carbocycles. The molecule has 184 valence electrons. The first kappa shape index (κ1) is 24.7. The van der Waals surface area contributed by atoms with Crippen molar-refractivity contribution in [3.05, 3.63) is 101 Å². The molecule has 0 fully saturated rings. The third kappa shape index (κ3) is 4.86. The molecule has 1 aliphatic heterocycles. The Morgan fingerprint density at radius 1 is 1.17 bits per heavy atom. The van der Waals surface area contributed by atoms with E-state index < -0.39 is 22.9 Å². The van der Waals surface area contributed by atoms with Gasteiger partial charge in [0.2, 0.25) is 0 Å². The van der Waals surface area contributed by atoms with Crippen molar-refractivity contribution in [2.24, 2.45) is 4.99 Å². The Bertz CT molecular complexity index is 1570. The topological polar surface area (TPSA) is 130 Å². The molecule has 3 aromatic rings. The SMILES string of the molecule is CCOC(=O)C1=C(C)N=c2s/c(=C\c3ccc([N+](=O)[O-])cc3)c(=O)n2C1c1ccc(OC(C)=O)cc1. The van der Waals surface area contributed by atoms with E-state index in [2.05, 4.69) is 4.99 Å². The summed E-state index contributed by atoms with van der Waals surface area (Å²) in [7, 11) is 0. The fraction of sp³-hybridized carbons (Fsp3) is 0.200. The number of fused-ring (bicyclic) bond motifs is 1. The van der Waals surface area contributed by atoms with Crippen LogP contribution in [0.3, 0.4) is 0 Å². The number of hydrogen-bond acceptors (Lipinski definition) is 9. The second-order valence-corrected chi connectivity index (χ2v) is 8.82. The summed E-state index contributed by atoms with van der Waals surface area (Å²) >= 11 is 1.15. The van der Waals surface area contributed by atoms with Crippen LogP contribution in [0.25, 0.3) is 6.08 Å². The van der Waals surface area contributed by atoms with Crippen LogP contribution in [0.1, 0.15) is 37.9 Å². The molecule has 0 bridgehead atoms. The van der Waals surface area contributed by atoms with Gasteiger partial charge in [0.1, 0.15) is 5.75 Å². The first-order valence-corrected chi connectivity index (χ1v) is 11.7. The number of ether oxygens (including phenoxy) is 2. The number of allylic oxidation sites excluding steroid dienone is 1. The molecule has 1 aromatic heterocycles. The molecule has 0 N–H and O–H groups in total. The lowest BCUT2D eigenvalue weighted by atomic mass is 9.96. The average molecular weight is 508 g/mol. The van der Waals surface area contributed by atoms with Crippen molar-refractivity contribution in [1.29, 1.82) is 0 Å². The number of nitro groups is 1. The molecule has 1 atom stereocenters. The molecule has 10 nitrogen and oxygen atoms in total. The minimum atomic E-state index is -0.814. The number of esters is 2. The van der Waals surface area contributed by atoms with Crippen LogP contribution in [0.5, 0.6) is 5.75 Å². The van der Waals surface area contributed by atoms with Gasteiger partial charge >= 0.3 is 11.9 Å². The van der Waals surface area contributed by atoms with Crippen molar-refractivity contribution < 1.29 is 24.0 Å². The van der Waals surface area contributed by atoms with E-state index in [9.17, 15) is 24.5 Å². The highest BCUT2D eigenvalue weighted by molar-refractivity contribution is 7.07. The van der Waals surface area contributed by atoms with Crippen molar-refractivity contribution in [2.45, 2.75) is 26.8 Å². The third-order valence-corrected chi connectivity index (χ3v) is 6.36. The van der Waals surface area contributed by atoms with E-state index in [1.54, 1.807) is 56.3 Å². The Balaban J connectivity index is 1.87. The van der Waals surface area contributed by atoms with E-state index >= 15 is 0 Å². The number of aromatic nitrogens is 1. The van der Waals surface area contributed by atoms with E-state index in [1.165, 1.54) is 23.6 Å². The van der Waals surface area contributed by atoms with Crippen LogP contribution in [-0.2, 0) is 14.3 Å². The third-order valence-electron chi connectivity index (χ3n) is 5.38. The van der Waals surface area contributed by atoms with E-state index in [4.69, 9.17) is 9.47 Å². The van der Waals surface area contributed by atoms with Gasteiger partial charge in [0, 0.05) is 19.1 Å². The molecule has 4 rings (SSSR count). The predicted octanol–water partition coefficient (Wildman–Crippen LogP) is 2.63. The van der Waals surface area contributed by atoms with Gasteiger partial charge in [-0.15, -0.1) is 0 Å². The fourth-order valence-corrected chi connectivity index (χ4v) is 4.88. The van der Waals surface area contributed by atoms with Crippen molar-refractivity contribution in [1.82, 2.24) is 4.57 Å². The van der Waals surface area contributed by atoms with E-state index in [0.717, 1.165) is 11.3 Å². The Labute approximate surface area is 208 Å². The van der Waals surface area contributed by atoms with Crippen molar-refractivity contribution in [2.75, 3.05) is 6.61 Å². The molecule has 0 amide bonds. The maximum absolute atomic E-state index is 13.6. The van der Waals surface area contributed by atoms with Crippen LogP contribution < -0.4 is 19.6 Å². The highest BCUT2D eigenvalue weighted by atomic mass is 32.1. The molecular formula is C25H21N3O7S. The highest BCUT2D eigenvalue weighted by Crippen LogP contribution is 2.31. The van der Waals surface area contributed by atoms with E-state index in [1.807, 2.05) is 0 Å². The largest absolute Gasteiger partial charge is 0.463 e. The fourth-order valence-electron chi connectivity index (χ4n) is 3.83. The van der Waals surface area contributed by atoms with Gasteiger partial charge in [-0.3, -0.25) is 24.3 Å². The standard InChI is InChI=1S/C25H21N3O7S/c1-4-34-24(31)21-14(2)26-25-27(22(21)17-7-11-19(12-8-17)35-15(3)29)23(30)20(36-25)13-16-5-9-18(10-6-16)28(32)33/h5-13,22H,4H2,1-3H3/b20-13-. The lowest BCUT2D eigenvalue weighted by Gasteiger charge is -2.24. The number of nitro benzene ring substituents is 1. The van der Waals surface area contributed by atoms with Crippen LogP contribution in [0.4, 0.5) is 5.69 Å². The number of thiazole rings is 1. The first-order chi connectivity index (χ1) is 17.2. The van der Waals surface area contributed by atoms with Crippen LogP contribution in [0.2, 0.25) is 0 Å². The first-order valence-electron chi connectivity index (χ1n) is 10.9. The molecule has 1 unspecified atom stereocenters. The number of benzene rings is 2.